The molecule has 0 aliphatic carbocycles. The third-order valence-corrected chi connectivity index (χ3v) is 108. The molecule has 15 nitrogen and oxygen atoms in total. The van der Waals surface area contributed by atoms with Crippen molar-refractivity contribution in [3.05, 3.63) is 152 Å². The molecule has 0 radical (unpaired) electrons. The molecule has 0 saturated carbocycles. The Hall–Kier alpha value is -4.32. The van der Waals surface area contributed by atoms with Crippen molar-refractivity contribution < 1.29 is 127 Å². The number of benzene rings is 5. The molecule has 0 spiro atoms. The van der Waals surface area contributed by atoms with E-state index in [1.165, 1.54) is 0 Å². The summed E-state index contributed by atoms with van der Waals surface area (Å²) in [5.41, 5.74) is -36.3. The second-order valence-electron chi connectivity index (χ2n) is 15.2. The summed E-state index contributed by atoms with van der Waals surface area (Å²) in [6.07, 6.45) is 0. The maximum absolute atomic E-state index is 15.6. The lowest BCUT2D eigenvalue weighted by Crippen LogP contribution is -2.94. The van der Waals surface area contributed by atoms with Crippen LogP contribution in [0.1, 0.15) is 0 Å². The Kier molecular flexibility index (Phi) is 15.4. The monoisotopic (exact) mass is 1270 g/mol. The van der Waals surface area contributed by atoms with Crippen LogP contribution in [-0.2, 0) is 70.0 Å². The topological polar surface area (TPSA) is 217 Å². The Labute approximate surface area is 417 Å². The minimum Gasteiger partial charge on any atom is -0.303 e. The van der Waals surface area contributed by atoms with Crippen molar-refractivity contribution in [3.8, 4) is 0 Å². The number of alkyl halides is 15. The highest BCUT2D eigenvalue weighted by molar-refractivity contribution is 8.22. The van der Waals surface area contributed by atoms with E-state index < -0.39 is 141 Å². The summed E-state index contributed by atoms with van der Waals surface area (Å²) < 4.78 is 402. The van der Waals surface area contributed by atoms with Crippen molar-refractivity contribution in [2.24, 2.45) is 0 Å². The largest absolute Gasteiger partial charge is 0.522 e. The van der Waals surface area contributed by atoms with E-state index in [1.54, 1.807) is 0 Å². The fraction of sp³-hybridized carbons (Fsp3) is 0.143. The first-order valence-corrected chi connectivity index (χ1v) is 41.0. The summed E-state index contributed by atoms with van der Waals surface area (Å²) in [6.45, 7) is 0. The van der Waals surface area contributed by atoms with Crippen molar-refractivity contribution >= 4 is 113 Å². The second-order valence-corrected chi connectivity index (χ2v) is 63.7. The third-order valence-electron chi connectivity index (χ3n) is 11.0. The van der Waals surface area contributed by atoms with Crippen molar-refractivity contribution in [3.63, 3.8) is 0 Å². The van der Waals surface area contributed by atoms with E-state index in [0.717, 1.165) is 30.3 Å². The van der Waals surface area contributed by atoms with Crippen LogP contribution in [-0.4, -0.2) is 106 Å². The minimum absolute atomic E-state index is 0.0940. The molecular formula is C35H25F15O15S5Si5. The van der Waals surface area contributed by atoms with E-state index in [0.29, 0.717) is 60.7 Å². The van der Waals surface area contributed by atoms with Gasteiger partial charge in [-0.05, 0) is 25.9 Å². The molecule has 0 atom stereocenters. The molecule has 0 bridgehead atoms. The number of halogens is 15. The highest BCUT2D eigenvalue weighted by Gasteiger charge is 3.06. The van der Waals surface area contributed by atoms with Crippen LogP contribution in [0.25, 0.3) is 0 Å². The van der Waals surface area contributed by atoms with Crippen LogP contribution >= 0.6 is 0 Å². The zero-order valence-electron chi connectivity index (χ0n) is 35.8. The van der Waals surface area contributed by atoms with E-state index >= 15 is 65.9 Å². The van der Waals surface area contributed by atoms with Crippen LogP contribution in [0.4, 0.5) is 65.9 Å². The van der Waals surface area contributed by atoms with Gasteiger partial charge in [0.05, 0.1) is 0 Å². The van der Waals surface area contributed by atoms with Gasteiger partial charge in [-0.25, -0.2) is 0 Å². The normalized spacial score (nSPS) is 24.7. The lowest BCUT2D eigenvalue weighted by Gasteiger charge is -2.48. The summed E-state index contributed by atoms with van der Waals surface area (Å²) in [6, 6.07) is 8.93. The predicted molar refractivity (Wildman–Crippen MR) is 239 cm³/mol. The summed E-state index contributed by atoms with van der Waals surface area (Å²) in [7, 11) is -85.4. The molecule has 1 saturated heterocycles. The maximum Gasteiger partial charge on any atom is 0.522 e. The van der Waals surface area contributed by atoms with E-state index in [4.69, 9.17) is 19.4 Å². The first kappa shape index (κ1) is 59.9. The summed E-state index contributed by atoms with van der Waals surface area (Å²) >= 11 is 0. The predicted octanol–water partition coefficient (Wildman–Crippen LogP) is 3.99. The first-order chi connectivity index (χ1) is 34.1. The molecular weight excluding hydrogens is 1250 g/mol. The summed E-state index contributed by atoms with van der Waals surface area (Å²) in [5.74, 6) is 0. The lowest BCUT2D eigenvalue weighted by atomic mass is 10.4. The van der Waals surface area contributed by atoms with Gasteiger partial charge in [-0.15, -0.1) is 0 Å². The molecule has 0 amide bonds. The Morgan fingerprint density at radius 2 is 0.333 bits per heavy atom. The fourth-order valence-electron chi connectivity index (χ4n) is 8.52. The quantitative estimate of drug-likeness (QED) is 0.0823. The Balaban J connectivity index is 2.41. The van der Waals surface area contributed by atoms with Gasteiger partial charge in [0.25, 0.3) is 36.8 Å². The SMILES string of the molecule is O=S(=O)(O[Si]1(c2ccccc2)[Si](OS(=O)(=O)C(F)(F)F)(c2ccccc2)[Si](OS(=O)(=O)C(F)(F)F)(c2ccccc2)[Si](OS(=O)(=O)C(F)(F)F)(c2ccccc2)[Si]1(OS(=O)(=O)C(F)(F)F)c1ccccc1)C(F)(F)F. The van der Waals surface area contributed by atoms with Gasteiger partial charge < -0.3 is 19.4 Å². The van der Waals surface area contributed by atoms with Gasteiger partial charge in [0, 0.05) is 0 Å². The first-order valence-electron chi connectivity index (χ1n) is 19.4. The Morgan fingerprint density at radius 3 is 0.427 bits per heavy atom. The highest BCUT2D eigenvalue weighted by Crippen LogP contribution is 2.58. The molecule has 410 valence electrons. The molecule has 0 N–H and O–H groups in total. The lowest BCUT2D eigenvalue weighted by molar-refractivity contribution is -0.0513. The van der Waals surface area contributed by atoms with Gasteiger partial charge in [0.1, 0.15) is 0 Å². The number of hydrogen-bond donors (Lipinski definition) is 0. The van der Waals surface area contributed by atoms with Crippen LogP contribution in [0.2, 0.25) is 0 Å². The smallest absolute Gasteiger partial charge is 0.303 e. The summed E-state index contributed by atoms with van der Waals surface area (Å²) in [5, 5.41) is -9.59. The molecule has 75 heavy (non-hydrogen) atoms. The van der Waals surface area contributed by atoms with Gasteiger partial charge in [-0.2, -0.15) is 108 Å². The molecule has 1 heterocycles. The molecule has 6 rings (SSSR count). The van der Waals surface area contributed by atoms with Crippen molar-refractivity contribution in [1.82, 2.24) is 0 Å². The van der Waals surface area contributed by atoms with Gasteiger partial charge in [-0.1, -0.05) is 152 Å². The molecule has 5 aromatic carbocycles. The van der Waals surface area contributed by atoms with E-state index in [2.05, 4.69) is 0 Å². The van der Waals surface area contributed by atoms with Crippen molar-refractivity contribution in [2.45, 2.75) is 27.5 Å². The Morgan fingerprint density at radius 1 is 0.227 bits per heavy atom. The molecule has 1 aliphatic heterocycles. The van der Waals surface area contributed by atoms with Gasteiger partial charge in [-0.3, -0.25) is 0 Å². The average molecular weight is 1270 g/mol. The van der Waals surface area contributed by atoms with Crippen LogP contribution in [0, 0.1) is 0 Å². The standard InChI is InChI=1S/C35H25F15O15S5Si5/c36-31(37,38)66(51,52)61-71(26-16-6-1-7-17-26)72(27-18-8-2-9-19-27,62-67(53,54)32(39,40)41)74(29-22-12-4-13-23-29,64-69(57,58)34(45,46)47)75(30-24-14-5-15-25-30,65-70(59,60)35(48,49)50)73(71,28-20-10-3-11-21-28)63-68(55,56)33(42,43)44/h1-25H. The van der Waals surface area contributed by atoms with Gasteiger partial charge >= 0.3 is 78.1 Å². The second kappa shape index (κ2) is 19.2. The summed E-state index contributed by atoms with van der Waals surface area (Å²) in [4.78, 5) is 0. The van der Waals surface area contributed by atoms with Crippen LogP contribution in [0.3, 0.4) is 0 Å². The highest BCUT2D eigenvalue weighted by atomic mass is 32.2. The van der Waals surface area contributed by atoms with Crippen molar-refractivity contribution in [1.29, 1.82) is 0 Å². The van der Waals surface area contributed by atoms with Crippen LogP contribution < -0.4 is 25.9 Å². The average Bonchev–Trinajstić information content (AvgIpc) is 3.42. The maximum atomic E-state index is 15.6. The zero-order chi connectivity index (χ0) is 56.6. The van der Waals surface area contributed by atoms with Crippen molar-refractivity contribution in [2.75, 3.05) is 0 Å². The van der Waals surface area contributed by atoms with Gasteiger partial charge in [0.2, 0.25) is 0 Å². The third kappa shape index (κ3) is 9.26. The molecule has 40 heteroatoms. The van der Waals surface area contributed by atoms with E-state index in [1.807, 2.05) is 0 Å². The molecule has 5 aromatic rings. The number of rotatable bonds is 15. The molecule has 1 aliphatic rings. The Bertz CT molecular complexity index is 2940. The minimum atomic E-state index is -8.75. The van der Waals surface area contributed by atoms with Crippen LogP contribution in [0.15, 0.2) is 152 Å². The fourth-order valence-corrected chi connectivity index (χ4v) is 189. The van der Waals surface area contributed by atoms with Crippen LogP contribution in [0.5, 0.6) is 0 Å². The van der Waals surface area contributed by atoms with Gasteiger partial charge in [0.15, 0.2) is 0 Å². The zero-order valence-corrected chi connectivity index (χ0v) is 44.9. The molecule has 0 aromatic heterocycles. The molecule has 0 unspecified atom stereocenters. The van der Waals surface area contributed by atoms with E-state index in [9.17, 15) is 42.1 Å². The molecule has 1 fully saturated rings. The number of hydrogen-bond acceptors (Lipinski definition) is 15. The van der Waals surface area contributed by atoms with E-state index in [-0.39, 0.29) is 60.7 Å².